The van der Waals surface area contributed by atoms with Crippen LogP contribution in [0.4, 0.5) is 0 Å². The fraction of sp³-hybridized carbons (Fsp3) is 0.100. The molecule has 82 valence electrons. The number of hydrogen-bond acceptors (Lipinski definition) is 4. The number of carboxylic acids is 1. The zero-order valence-corrected chi connectivity index (χ0v) is 9.02. The summed E-state index contributed by atoms with van der Waals surface area (Å²) < 4.78 is 4.85. The van der Waals surface area contributed by atoms with Crippen LogP contribution in [-0.2, 0) is 0 Å². The van der Waals surface area contributed by atoms with Crippen molar-refractivity contribution >= 4 is 17.6 Å². The lowest BCUT2D eigenvalue weighted by Crippen LogP contribution is -1.98. The molecule has 16 heavy (non-hydrogen) atoms. The number of carbonyl (C=O) groups is 1. The molecule has 0 unspecified atom stereocenters. The molecule has 2 aromatic rings. The van der Waals surface area contributed by atoms with Crippen molar-refractivity contribution < 1.29 is 14.4 Å². The standard InChI is InChI=1S/C10H7ClN2O3/c1-5-6(3-2-4-7(5)11)9-12-8(10(14)15)13-16-9/h2-4H,1H3,(H,14,15). The Bertz CT molecular complexity index is 551. The van der Waals surface area contributed by atoms with Gasteiger partial charge in [-0.2, -0.15) is 4.98 Å². The molecule has 6 heteroatoms. The molecule has 0 amide bonds. The van der Waals surface area contributed by atoms with Crippen LogP contribution < -0.4 is 0 Å². The highest BCUT2D eigenvalue weighted by atomic mass is 35.5. The molecule has 0 saturated carbocycles. The highest BCUT2D eigenvalue weighted by Crippen LogP contribution is 2.26. The fourth-order valence-corrected chi connectivity index (χ4v) is 1.43. The topological polar surface area (TPSA) is 76.2 Å². The molecule has 0 fully saturated rings. The van der Waals surface area contributed by atoms with Gasteiger partial charge < -0.3 is 9.63 Å². The van der Waals surface area contributed by atoms with E-state index in [1.807, 2.05) is 0 Å². The molecule has 2 rings (SSSR count). The predicted molar refractivity (Wildman–Crippen MR) is 56.4 cm³/mol. The van der Waals surface area contributed by atoms with Crippen LogP contribution in [0.25, 0.3) is 11.5 Å². The molecule has 0 aliphatic carbocycles. The highest BCUT2D eigenvalue weighted by Gasteiger charge is 2.16. The van der Waals surface area contributed by atoms with Crippen LogP contribution in [0.15, 0.2) is 22.7 Å². The van der Waals surface area contributed by atoms with E-state index >= 15 is 0 Å². The monoisotopic (exact) mass is 238 g/mol. The number of halogens is 1. The Morgan fingerprint density at radius 2 is 2.25 bits per heavy atom. The SMILES string of the molecule is Cc1c(Cl)cccc1-c1nc(C(=O)O)no1. The molecule has 0 spiro atoms. The van der Waals surface area contributed by atoms with Gasteiger partial charge in [0, 0.05) is 10.6 Å². The molecule has 1 heterocycles. The second kappa shape index (κ2) is 3.94. The molecule has 0 bridgehead atoms. The molecule has 0 aliphatic heterocycles. The molecule has 0 aliphatic rings. The molecular weight excluding hydrogens is 232 g/mol. The zero-order valence-electron chi connectivity index (χ0n) is 8.27. The third-order valence-electron chi connectivity index (χ3n) is 2.12. The Kier molecular flexibility index (Phi) is 2.62. The van der Waals surface area contributed by atoms with Crippen molar-refractivity contribution in [2.75, 3.05) is 0 Å². The summed E-state index contributed by atoms with van der Waals surface area (Å²) in [4.78, 5) is 14.3. The molecule has 5 nitrogen and oxygen atoms in total. The number of carboxylic acid groups (broad SMARTS) is 1. The van der Waals surface area contributed by atoms with Crippen molar-refractivity contribution in [3.63, 3.8) is 0 Å². The summed E-state index contributed by atoms with van der Waals surface area (Å²) in [5.41, 5.74) is 1.40. The van der Waals surface area contributed by atoms with Gasteiger partial charge in [-0.3, -0.25) is 0 Å². The lowest BCUT2D eigenvalue weighted by atomic mass is 10.1. The van der Waals surface area contributed by atoms with E-state index in [1.54, 1.807) is 25.1 Å². The van der Waals surface area contributed by atoms with E-state index in [4.69, 9.17) is 21.2 Å². The zero-order chi connectivity index (χ0) is 11.7. The van der Waals surface area contributed by atoms with Crippen molar-refractivity contribution in [1.29, 1.82) is 0 Å². The van der Waals surface area contributed by atoms with Gasteiger partial charge in [-0.15, -0.1) is 0 Å². The highest BCUT2D eigenvalue weighted by molar-refractivity contribution is 6.31. The molecule has 0 saturated heterocycles. The maximum absolute atomic E-state index is 10.6. The van der Waals surface area contributed by atoms with Gasteiger partial charge in [0.2, 0.25) is 0 Å². The Hall–Kier alpha value is -1.88. The van der Waals surface area contributed by atoms with Crippen LogP contribution in [0.3, 0.4) is 0 Å². The Morgan fingerprint density at radius 1 is 1.50 bits per heavy atom. The van der Waals surface area contributed by atoms with Gasteiger partial charge in [-0.05, 0) is 29.8 Å². The van der Waals surface area contributed by atoms with Crippen molar-refractivity contribution in [3.8, 4) is 11.5 Å². The van der Waals surface area contributed by atoms with Gasteiger partial charge in [0.25, 0.3) is 11.7 Å². The minimum atomic E-state index is -1.23. The summed E-state index contributed by atoms with van der Waals surface area (Å²) in [5.74, 6) is -1.44. The normalized spacial score (nSPS) is 10.4. The Labute approximate surface area is 95.7 Å². The molecule has 0 radical (unpaired) electrons. The van der Waals surface area contributed by atoms with E-state index in [0.717, 1.165) is 5.56 Å². The molecule has 0 atom stereocenters. The number of nitrogens with zero attached hydrogens (tertiary/aromatic N) is 2. The first kappa shape index (κ1) is 10.6. The van der Waals surface area contributed by atoms with Gasteiger partial charge >= 0.3 is 5.97 Å². The van der Waals surface area contributed by atoms with Gasteiger partial charge in [0.05, 0.1) is 0 Å². The van der Waals surface area contributed by atoms with Gasteiger partial charge in [0.1, 0.15) is 0 Å². The minimum Gasteiger partial charge on any atom is -0.475 e. The van der Waals surface area contributed by atoms with Gasteiger partial charge in [-0.25, -0.2) is 4.79 Å². The van der Waals surface area contributed by atoms with Crippen molar-refractivity contribution in [1.82, 2.24) is 10.1 Å². The maximum Gasteiger partial charge on any atom is 0.377 e. The third-order valence-corrected chi connectivity index (χ3v) is 2.52. The van der Waals surface area contributed by atoms with Crippen molar-refractivity contribution in [2.24, 2.45) is 0 Å². The van der Waals surface area contributed by atoms with Gasteiger partial charge in [-0.1, -0.05) is 17.7 Å². The van der Waals surface area contributed by atoms with Gasteiger partial charge in [0.15, 0.2) is 0 Å². The van der Waals surface area contributed by atoms with E-state index in [1.165, 1.54) is 0 Å². The summed E-state index contributed by atoms with van der Waals surface area (Å²) in [6.07, 6.45) is 0. The van der Waals surface area contributed by atoms with Crippen LogP contribution in [0.2, 0.25) is 5.02 Å². The second-order valence-corrected chi connectivity index (χ2v) is 3.55. The summed E-state index contributed by atoms with van der Waals surface area (Å²) in [6, 6.07) is 5.20. The number of aromatic nitrogens is 2. The van der Waals surface area contributed by atoms with Crippen molar-refractivity contribution in [3.05, 3.63) is 34.6 Å². The summed E-state index contributed by atoms with van der Waals surface area (Å²) in [6.45, 7) is 1.79. The van der Waals surface area contributed by atoms with Crippen LogP contribution in [0.1, 0.15) is 16.2 Å². The molecule has 1 N–H and O–H groups in total. The van der Waals surface area contributed by atoms with Crippen LogP contribution in [0.5, 0.6) is 0 Å². The average Bonchev–Trinajstić information content (AvgIpc) is 2.71. The first-order valence-corrected chi connectivity index (χ1v) is 4.80. The molecular formula is C10H7ClN2O3. The quantitative estimate of drug-likeness (QED) is 0.869. The Balaban J connectivity index is 2.50. The first-order chi connectivity index (χ1) is 7.59. The largest absolute Gasteiger partial charge is 0.475 e. The number of hydrogen-bond donors (Lipinski definition) is 1. The van der Waals surface area contributed by atoms with E-state index < -0.39 is 5.97 Å². The predicted octanol–water partition coefficient (Wildman–Crippen LogP) is 2.40. The summed E-state index contributed by atoms with van der Waals surface area (Å²) >= 11 is 5.93. The first-order valence-electron chi connectivity index (χ1n) is 4.42. The molecule has 1 aromatic heterocycles. The van der Waals surface area contributed by atoms with Crippen molar-refractivity contribution in [2.45, 2.75) is 6.92 Å². The lowest BCUT2D eigenvalue weighted by molar-refractivity contribution is 0.0680. The maximum atomic E-state index is 10.6. The molecule has 1 aromatic carbocycles. The second-order valence-electron chi connectivity index (χ2n) is 3.14. The summed E-state index contributed by atoms with van der Waals surface area (Å²) in [7, 11) is 0. The van der Waals surface area contributed by atoms with Crippen LogP contribution in [-0.4, -0.2) is 21.2 Å². The smallest absolute Gasteiger partial charge is 0.377 e. The van der Waals surface area contributed by atoms with Crippen LogP contribution >= 0.6 is 11.6 Å². The average molecular weight is 239 g/mol. The summed E-state index contributed by atoms with van der Waals surface area (Å²) in [5, 5.41) is 12.6. The third kappa shape index (κ3) is 1.77. The number of rotatable bonds is 2. The fourth-order valence-electron chi connectivity index (χ4n) is 1.26. The minimum absolute atomic E-state index is 0.150. The Morgan fingerprint density at radius 3 is 2.88 bits per heavy atom. The number of aromatic carboxylic acids is 1. The van der Waals surface area contributed by atoms with Crippen LogP contribution in [0, 0.1) is 6.92 Å². The van der Waals surface area contributed by atoms with E-state index in [-0.39, 0.29) is 11.7 Å². The van der Waals surface area contributed by atoms with E-state index in [9.17, 15) is 4.79 Å². The van der Waals surface area contributed by atoms with E-state index in [0.29, 0.717) is 10.6 Å². The lowest BCUT2D eigenvalue weighted by Gasteiger charge is -2.01. The number of benzene rings is 1. The van der Waals surface area contributed by atoms with E-state index in [2.05, 4.69) is 10.1 Å².